The van der Waals surface area contributed by atoms with E-state index in [1.165, 1.54) is 0 Å². The second-order valence-electron chi connectivity index (χ2n) is 7.20. The lowest BCUT2D eigenvalue weighted by molar-refractivity contribution is 0.102. The van der Waals surface area contributed by atoms with Gasteiger partial charge in [0.25, 0.3) is 5.91 Å². The summed E-state index contributed by atoms with van der Waals surface area (Å²) in [7, 11) is 0. The molecule has 4 nitrogen and oxygen atoms in total. The van der Waals surface area contributed by atoms with Crippen molar-refractivity contribution < 1.29 is 14.3 Å². The lowest BCUT2D eigenvalue weighted by Crippen LogP contribution is -2.13. The van der Waals surface area contributed by atoms with Crippen molar-refractivity contribution in [2.75, 3.05) is 11.9 Å². The number of carbonyl (C=O) groups excluding carboxylic acids is 1. The lowest BCUT2D eigenvalue weighted by atomic mass is 10.0. The zero-order valence-electron chi connectivity index (χ0n) is 17.4. The molecule has 0 unspecified atom stereocenters. The Morgan fingerprint density at radius 2 is 1.70 bits per heavy atom. The highest BCUT2D eigenvalue weighted by atomic mass is 79.9. The maximum Gasteiger partial charge on any atom is 0.255 e. The Kier molecular flexibility index (Phi) is 7.52. The molecule has 3 aromatic rings. The Morgan fingerprint density at radius 3 is 2.40 bits per heavy atom. The fraction of sp³-hybridized carbons (Fsp3) is 0.240. The molecule has 0 saturated carbocycles. The SMILES string of the molecule is CCOc1ccc(C(=O)Nc2ccc(Br)cc2)cc1COc1ccccc1C(C)C. The maximum atomic E-state index is 12.7. The van der Waals surface area contributed by atoms with E-state index in [1.54, 1.807) is 6.07 Å². The highest BCUT2D eigenvalue weighted by molar-refractivity contribution is 9.10. The first-order chi connectivity index (χ1) is 14.5. The molecule has 1 amide bonds. The number of halogens is 1. The number of amides is 1. The lowest BCUT2D eigenvalue weighted by Gasteiger charge is -2.16. The zero-order chi connectivity index (χ0) is 21.5. The van der Waals surface area contributed by atoms with Crippen LogP contribution in [0.2, 0.25) is 0 Å². The molecular weight excluding hydrogens is 442 g/mol. The third kappa shape index (κ3) is 5.63. The summed E-state index contributed by atoms with van der Waals surface area (Å²) in [6.07, 6.45) is 0. The first-order valence-corrected chi connectivity index (χ1v) is 10.8. The van der Waals surface area contributed by atoms with Crippen molar-refractivity contribution in [3.05, 3.63) is 87.9 Å². The van der Waals surface area contributed by atoms with Gasteiger partial charge in [-0.05, 0) is 66.9 Å². The predicted molar refractivity (Wildman–Crippen MR) is 125 cm³/mol. The monoisotopic (exact) mass is 467 g/mol. The minimum Gasteiger partial charge on any atom is -0.493 e. The average Bonchev–Trinajstić information content (AvgIpc) is 2.75. The molecular formula is C25H26BrNO3. The molecule has 0 heterocycles. The van der Waals surface area contributed by atoms with Crippen molar-refractivity contribution in [1.29, 1.82) is 0 Å². The van der Waals surface area contributed by atoms with Crippen molar-refractivity contribution in [3.8, 4) is 11.5 Å². The fourth-order valence-corrected chi connectivity index (χ4v) is 3.38. The molecule has 3 aromatic carbocycles. The third-order valence-corrected chi connectivity index (χ3v) is 5.18. The van der Waals surface area contributed by atoms with Crippen LogP contribution in [-0.4, -0.2) is 12.5 Å². The molecule has 1 N–H and O–H groups in total. The van der Waals surface area contributed by atoms with Crippen LogP contribution in [0, 0.1) is 0 Å². The molecule has 0 radical (unpaired) electrons. The zero-order valence-corrected chi connectivity index (χ0v) is 19.0. The summed E-state index contributed by atoms with van der Waals surface area (Å²) >= 11 is 3.40. The number of para-hydroxylation sites is 1. The number of benzene rings is 3. The maximum absolute atomic E-state index is 12.7. The van der Waals surface area contributed by atoms with Gasteiger partial charge < -0.3 is 14.8 Å². The van der Waals surface area contributed by atoms with Crippen LogP contribution in [0.4, 0.5) is 5.69 Å². The van der Waals surface area contributed by atoms with E-state index in [9.17, 15) is 4.79 Å². The largest absolute Gasteiger partial charge is 0.493 e. The molecule has 0 spiro atoms. The van der Waals surface area contributed by atoms with Gasteiger partial charge in [-0.3, -0.25) is 4.79 Å². The molecule has 0 aliphatic carbocycles. The molecule has 3 rings (SSSR count). The Balaban J connectivity index is 1.80. The van der Waals surface area contributed by atoms with E-state index in [-0.39, 0.29) is 5.91 Å². The smallest absolute Gasteiger partial charge is 0.255 e. The minimum atomic E-state index is -0.177. The second-order valence-corrected chi connectivity index (χ2v) is 8.11. The quantitative estimate of drug-likeness (QED) is 0.396. The number of carbonyl (C=O) groups is 1. The van der Waals surface area contributed by atoms with Gasteiger partial charge in [-0.15, -0.1) is 0 Å². The van der Waals surface area contributed by atoms with Crippen LogP contribution in [0.15, 0.2) is 71.2 Å². The van der Waals surface area contributed by atoms with Gasteiger partial charge >= 0.3 is 0 Å². The van der Waals surface area contributed by atoms with Crippen LogP contribution in [0.1, 0.15) is 48.2 Å². The molecule has 156 valence electrons. The second kappa shape index (κ2) is 10.3. The number of rotatable bonds is 8. The fourth-order valence-electron chi connectivity index (χ4n) is 3.11. The molecule has 0 saturated heterocycles. The third-order valence-electron chi connectivity index (χ3n) is 4.65. The highest BCUT2D eigenvalue weighted by Crippen LogP contribution is 2.28. The van der Waals surface area contributed by atoms with Gasteiger partial charge in [0.1, 0.15) is 18.1 Å². The van der Waals surface area contributed by atoms with E-state index >= 15 is 0 Å². The normalized spacial score (nSPS) is 10.7. The van der Waals surface area contributed by atoms with Gasteiger partial charge in [0, 0.05) is 21.3 Å². The Labute approximate surface area is 186 Å². The number of ether oxygens (including phenoxy) is 2. The number of nitrogens with one attached hydrogen (secondary N) is 1. The Morgan fingerprint density at radius 1 is 0.967 bits per heavy atom. The Hall–Kier alpha value is -2.79. The van der Waals surface area contributed by atoms with E-state index in [4.69, 9.17) is 9.47 Å². The van der Waals surface area contributed by atoms with Crippen molar-refractivity contribution in [3.63, 3.8) is 0 Å². The van der Waals surface area contributed by atoms with Gasteiger partial charge in [0.15, 0.2) is 0 Å². The van der Waals surface area contributed by atoms with Crippen LogP contribution in [0.5, 0.6) is 11.5 Å². The van der Waals surface area contributed by atoms with Gasteiger partial charge in [-0.25, -0.2) is 0 Å². The summed E-state index contributed by atoms with van der Waals surface area (Å²) in [5.74, 6) is 1.75. The molecule has 0 aromatic heterocycles. The van der Waals surface area contributed by atoms with E-state index in [1.807, 2.05) is 61.5 Å². The Bertz CT molecular complexity index is 1000. The van der Waals surface area contributed by atoms with Crippen LogP contribution >= 0.6 is 15.9 Å². The molecule has 0 atom stereocenters. The average molecular weight is 468 g/mol. The van der Waals surface area contributed by atoms with Crippen molar-refractivity contribution in [2.24, 2.45) is 0 Å². The van der Waals surface area contributed by atoms with Crippen LogP contribution < -0.4 is 14.8 Å². The summed E-state index contributed by atoms with van der Waals surface area (Å²) in [6.45, 7) is 7.08. The summed E-state index contributed by atoms with van der Waals surface area (Å²) in [4.78, 5) is 12.7. The topological polar surface area (TPSA) is 47.6 Å². The van der Waals surface area contributed by atoms with Crippen LogP contribution in [0.3, 0.4) is 0 Å². The number of anilines is 1. The summed E-state index contributed by atoms with van der Waals surface area (Å²) in [5, 5.41) is 2.92. The molecule has 0 fully saturated rings. The molecule has 0 aliphatic heterocycles. The number of hydrogen-bond acceptors (Lipinski definition) is 3. The molecule has 0 aliphatic rings. The van der Waals surface area contributed by atoms with Crippen molar-refractivity contribution in [2.45, 2.75) is 33.3 Å². The number of hydrogen-bond donors (Lipinski definition) is 1. The van der Waals surface area contributed by atoms with E-state index in [0.29, 0.717) is 24.7 Å². The summed E-state index contributed by atoms with van der Waals surface area (Å²) in [6, 6.07) is 20.9. The predicted octanol–water partition coefficient (Wildman–Crippen LogP) is 6.80. The van der Waals surface area contributed by atoms with E-state index in [2.05, 4.69) is 41.2 Å². The van der Waals surface area contributed by atoms with Crippen molar-refractivity contribution >= 4 is 27.5 Å². The summed E-state index contributed by atoms with van der Waals surface area (Å²) in [5.41, 5.74) is 3.27. The van der Waals surface area contributed by atoms with Gasteiger partial charge in [-0.2, -0.15) is 0 Å². The molecule has 0 bridgehead atoms. The first-order valence-electron chi connectivity index (χ1n) is 10.0. The summed E-state index contributed by atoms with van der Waals surface area (Å²) < 4.78 is 12.8. The molecule has 30 heavy (non-hydrogen) atoms. The van der Waals surface area contributed by atoms with Gasteiger partial charge in [0.2, 0.25) is 0 Å². The van der Waals surface area contributed by atoms with Crippen molar-refractivity contribution in [1.82, 2.24) is 0 Å². The highest BCUT2D eigenvalue weighted by Gasteiger charge is 2.13. The standard InChI is InChI=1S/C25H26BrNO3/c1-4-29-23-14-9-18(25(28)27-21-12-10-20(26)11-13-21)15-19(23)16-30-24-8-6-5-7-22(24)17(2)3/h5-15,17H,4,16H2,1-3H3,(H,27,28). The van der Waals surface area contributed by atoms with Gasteiger partial charge in [0.05, 0.1) is 6.61 Å². The van der Waals surface area contributed by atoms with E-state index in [0.717, 1.165) is 32.8 Å². The van der Waals surface area contributed by atoms with Crippen LogP contribution in [0.25, 0.3) is 0 Å². The van der Waals surface area contributed by atoms with E-state index < -0.39 is 0 Å². The minimum absolute atomic E-state index is 0.177. The van der Waals surface area contributed by atoms with Crippen LogP contribution in [-0.2, 0) is 6.61 Å². The van der Waals surface area contributed by atoms with Gasteiger partial charge in [-0.1, -0.05) is 48.0 Å². The molecule has 5 heteroatoms. The first kappa shape index (κ1) is 21.9.